The summed E-state index contributed by atoms with van der Waals surface area (Å²) in [6.45, 7) is 0.472. The van der Waals surface area contributed by atoms with E-state index in [1.165, 1.54) is 0 Å². The fourth-order valence-corrected chi connectivity index (χ4v) is 2.35. The van der Waals surface area contributed by atoms with Crippen LogP contribution < -0.4 is 5.32 Å². The molecule has 0 bridgehead atoms. The number of pyridine rings is 1. The summed E-state index contributed by atoms with van der Waals surface area (Å²) in [5.41, 5.74) is 2.56. The lowest BCUT2D eigenvalue weighted by atomic mass is 10.1. The van der Waals surface area contributed by atoms with E-state index < -0.39 is 0 Å². The average Bonchev–Trinajstić information content (AvgIpc) is 2.70. The van der Waals surface area contributed by atoms with Crippen LogP contribution in [0.25, 0.3) is 22.8 Å². The number of hydrogen-bond donors (Lipinski definition) is 1. The van der Waals surface area contributed by atoms with Crippen molar-refractivity contribution in [1.82, 2.24) is 15.0 Å². The molecule has 0 fully saturated rings. The van der Waals surface area contributed by atoms with Gasteiger partial charge in [0.05, 0.1) is 12.2 Å². The van der Waals surface area contributed by atoms with Crippen molar-refractivity contribution < 1.29 is 9.47 Å². The van der Waals surface area contributed by atoms with Gasteiger partial charge in [0.1, 0.15) is 11.5 Å². The highest BCUT2D eigenvalue weighted by Crippen LogP contribution is 2.23. The second-order valence-electron chi connectivity index (χ2n) is 5.32. The first-order chi connectivity index (χ1) is 12.3. The van der Waals surface area contributed by atoms with E-state index in [4.69, 9.17) is 9.47 Å². The maximum atomic E-state index is 5.21. The zero-order chi connectivity index (χ0) is 17.5. The molecule has 1 aromatic carbocycles. The minimum absolute atomic E-state index is 0.353. The first-order valence-corrected chi connectivity index (χ1v) is 7.95. The predicted octanol–water partition coefficient (Wildman–Crippen LogP) is 3.24. The predicted molar refractivity (Wildman–Crippen MR) is 97.0 cm³/mol. The highest BCUT2D eigenvalue weighted by atomic mass is 16.7. The minimum atomic E-state index is -0.353. The molecule has 0 saturated carbocycles. The standard InChI is InChI=1S/C19H20N4O2/c1-24-18(25-2)13-21-17-12-16(14-8-4-3-5-9-14)22-19(23-17)15-10-6-7-11-20-15/h3-12,18H,13H2,1-2H3,(H,21,22,23). The molecule has 0 aliphatic heterocycles. The molecule has 128 valence electrons. The van der Waals surface area contributed by atoms with Gasteiger partial charge in [-0.1, -0.05) is 36.4 Å². The van der Waals surface area contributed by atoms with Crippen LogP contribution in [0.3, 0.4) is 0 Å². The molecule has 0 aliphatic carbocycles. The Hall–Kier alpha value is -2.83. The van der Waals surface area contributed by atoms with Gasteiger partial charge < -0.3 is 14.8 Å². The molecule has 0 saturated heterocycles. The van der Waals surface area contributed by atoms with Gasteiger partial charge in [-0.3, -0.25) is 4.98 Å². The van der Waals surface area contributed by atoms with Gasteiger partial charge in [-0.05, 0) is 12.1 Å². The number of aromatic nitrogens is 3. The zero-order valence-corrected chi connectivity index (χ0v) is 14.2. The van der Waals surface area contributed by atoms with Crippen LogP contribution in [0.15, 0.2) is 60.8 Å². The van der Waals surface area contributed by atoms with Crippen LogP contribution >= 0.6 is 0 Å². The van der Waals surface area contributed by atoms with Crippen LogP contribution in [0.4, 0.5) is 5.82 Å². The first kappa shape index (κ1) is 17.0. The molecule has 1 N–H and O–H groups in total. The van der Waals surface area contributed by atoms with E-state index in [9.17, 15) is 0 Å². The Morgan fingerprint density at radius 2 is 1.68 bits per heavy atom. The van der Waals surface area contributed by atoms with Gasteiger partial charge in [-0.25, -0.2) is 9.97 Å². The largest absolute Gasteiger partial charge is 0.365 e. The first-order valence-electron chi connectivity index (χ1n) is 7.95. The Balaban J connectivity index is 1.97. The average molecular weight is 336 g/mol. The topological polar surface area (TPSA) is 69.2 Å². The lowest BCUT2D eigenvalue weighted by Crippen LogP contribution is -2.24. The summed E-state index contributed by atoms with van der Waals surface area (Å²) in [5, 5.41) is 3.24. The molecule has 2 aromatic heterocycles. The Labute approximate surface area is 146 Å². The second-order valence-corrected chi connectivity index (χ2v) is 5.32. The minimum Gasteiger partial charge on any atom is -0.365 e. The molecule has 25 heavy (non-hydrogen) atoms. The lowest BCUT2D eigenvalue weighted by Gasteiger charge is -2.15. The van der Waals surface area contributed by atoms with Crippen molar-refractivity contribution in [2.75, 3.05) is 26.1 Å². The van der Waals surface area contributed by atoms with Crippen LogP contribution in [-0.4, -0.2) is 42.0 Å². The van der Waals surface area contributed by atoms with Crippen molar-refractivity contribution in [1.29, 1.82) is 0 Å². The molecule has 0 amide bonds. The molecule has 6 nitrogen and oxygen atoms in total. The van der Waals surface area contributed by atoms with Crippen molar-refractivity contribution >= 4 is 5.82 Å². The highest BCUT2D eigenvalue weighted by Gasteiger charge is 2.11. The van der Waals surface area contributed by atoms with Gasteiger partial charge in [-0.2, -0.15) is 0 Å². The normalized spacial score (nSPS) is 10.8. The smallest absolute Gasteiger partial charge is 0.180 e. The summed E-state index contributed by atoms with van der Waals surface area (Å²) >= 11 is 0. The van der Waals surface area contributed by atoms with Gasteiger partial charge in [0.15, 0.2) is 12.1 Å². The lowest BCUT2D eigenvalue weighted by molar-refractivity contribution is -0.0914. The number of benzene rings is 1. The van der Waals surface area contributed by atoms with E-state index in [1.807, 2.05) is 54.6 Å². The molecule has 3 rings (SSSR count). The van der Waals surface area contributed by atoms with Gasteiger partial charge in [0.25, 0.3) is 0 Å². The number of rotatable bonds is 7. The summed E-state index contributed by atoms with van der Waals surface area (Å²) in [4.78, 5) is 13.6. The van der Waals surface area contributed by atoms with Gasteiger partial charge >= 0.3 is 0 Å². The molecule has 0 unspecified atom stereocenters. The van der Waals surface area contributed by atoms with Crippen LogP contribution in [0.5, 0.6) is 0 Å². The molecule has 0 radical (unpaired) electrons. The third kappa shape index (κ3) is 4.37. The Bertz CT molecular complexity index is 735. The molecule has 0 aliphatic rings. The maximum absolute atomic E-state index is 5.21. The van der Waals surface area contributed by atoms with Crippen LogP contribution in [-0.2, 0) is 9.47 Å². The van der Waals surface area contributed by atoms with Crippen LogP contribution in [0.2, 0.25) is 0 Å². The number of methoxy groups -OCH3 is 2. The van der Waals surface area contributed by atoms with Crippen LogP contribution in [0, 0.1) is 0 Å². The molecule has 0 atom stereocenters. The Morgan fingerprint density at radius 3 is 2.36 bits per heavy atom. The van der Waals surface area contributed by atoms with Crippen molar-refractivity contribution in [3.63, 3.8) is 0 Å². The SMILES string of the molecule is COC(CNc1cc(-c2ccccc2)nc(-c2ccccn2)n1)OC. The number of nitrogens with zero attached hydrogens (tertiary/aromatic N) is 3. The van der Waals surface area contributed by atoms with E-state index in [-0.39, 0.29) is 6.29 Å². The molecule has 2 heterocycles. The molecule has 0 spiro atoms. The summed E-state index contributed by atoms with van der Waals surface area (Å²) in [6, 6.07) is 17.6. The van der Waals surface area contributed by atoms with Crippen LogP contribution in [0.1, 0.15) is 0 Å². The van der Waals surface area contributed by atoms with E-state index in [0.717, 1.165) is 17.0 Å². The molecule has 6 heteroatoms. The quantitative estimate of drug-likeness (QED) is 0.668. The molecular formula is C19H20N4O2. The third-order valence-corrected chi connectivity index (χ3v) is 3.67. The van der Waals surface area contributed by atoms with E-state index in [0.29, 0.717) is 18.2 Å². The van der Waals surface area contributed by atoms with Crippen molar-refractivity contribution in [2.45, 2.75) is 6.29 Å². The number of hydrogen-bond acceptors (Lipinski definition) is 6. The number of nitrogens with one attached hydrogen (secondary N) is 1. The van der Waals surface area contributed by atoms with E-state index >= 15 is 0 Å². The van der Waals surface area contributed by atoms with E-state index in [2.05, 4.69) is 20.3 Å². The zero-order valence-electron chi connectivity index (χ0n) is 14.2. The fraction of sp³-hybridized carbons (Fsp3) is 0.211. The van der Waals surface area contributed by atoms with Crippen molar-refractivity contribution in [3.8, 4) is 22.8 Å². The monoisotopic (exact) mass is 336 g/mol. The molecule has 3 aromatic rings. The summed E-state index contributed by atoms with van der Waals surface area (Å²) in [6.07, 6.45) is 1.38. The Kier molecular flexibility index (Phi) is 5.66. The maximum Gasteiger partial charge on any atom is 0.180 e. The Morgan fingerprint density at radius 1 is 0.920 bits per heavy atom. The summed E-state index contributed by atoms with van der Waals surface area (Å²) in [7, 11) is 3.20. The van der Waals surface area contributed by atoms with Gasteiger partial charge in [0, 0.05) is 32.0 Å². The van der Waals surface area contributed by atoms with E-state index in [1.54, 1.807) is 20.4 Å². The van der Waals surface area contributed by atoms with Crippen molar-refractivity contribution in [3.05, 3.63) is 60.8 Å². The summed E-state index contributed by atoms with van der Waals surface area (Å²) in [5.74, 6) is 1.25. The number of anilines is 1. The van der Waals surface area contributed by atoms with Crippen molar-refractivity contribution in [2.24, 2.45) is 0 Å². The highest BCUT2D eigenvalue weighted by molar-refractivity contribution is 5.66. The fourth-order valence-electron chi connectivity index (χ4n) is 2.35. The summed E-state index contributed by atoms with van der Waals surface area (Å²) < 4.78 is 10.4. The van der Waals surface area contributed by atoms with Gasteiger partial charge in [-0.15, -0.1) is 0 Å². The number of ether oxygens (including phenoxy) is 2. The van der Waals surface area contributed by atoms with Gasteiger partial charge in [0.2, 0.25) is 0 Å². The third-order valence-electron chi connectivity index (χ3n) is 3.67. The second kappa shape index (κ2) is 8.32. The molecular weight excluding hydrogens is 316 g/mol.